The minimum absolute atomic E-state index is 0.0562. The lowest BCUT2D eigenvalue weighted by Crippen LogP contribution is -2.56. The molecule has 4 aliphatic carbocycles. The van der Waals surface area contributed by atoms with Crippen LogP contribution < -0.4 is 5.73 Å². The Morgan fingerprint density at radius 2 is 1.65 bits per heavy atom. The number of halogens is 1. The second-order valence-corrected chi connectivity index (χ2v) is 7.72. The molecule has 4 fully saturated rings. The zero-order valence-electron chi connectivity index (χ0n) is 13.2. The van der Waals surface area contributed by atoms with Crippen LogP contribution in [0.5, 0.6) is 0 Å². The Balaban J connectivity index is 1.79. The summed E-state index contributed by atoms with van der Waals surface area (Å²) < 4.78 is 13.4. The topological polar surface area (TPSA) is 74.6 Å². The molecule has 0 unspecified atom stereocenters. The van der Waals surface area contributed by atoms with E-state index in [9.17, 15) is 4.39 Å². The van der Waals surface area contributed by atoms with Gasteiger partial charge in [0.15, 0.2) is 0 Å². The van der Waals surface area contributed by atoms with Gasteiger partial charge in [-0.3, -0.25) is 0 Å². The molecular weight excluding hydrogens is 291 g/mol. The highest BCUT2D eigenvalue weighted by molar-refractivity contribution is 5.81. The molecule has 1 aromatic carbocycles. The quantitative estimate of drug-likeness (QED) is 0.371. The summed E-state index contributed by atoms with van der Waals surface area (Å²) in [6.45, 7) is 0. The van der Waals surface area contributed by atoms with Gasteiger partial charge in [0.25, 0.3) is 0 Å². The Labute approximate surface area is 135 Å². The number of nitrogens with zero attached hydrogens (tertiary/aromatic N) is 2. The maximum absolute atomic E-state index is 13.4. The van der Waals surface area contributed by atoms with Crippen LogP contribution in [-0.2, 0) is 5.41 Å². The van der Waals surface area contributed by atoms with Gasteiger partial charge in [-0.2, -0.15) is 5.53 Å². The van der Waals surface area contributed by atoms with Crippen molar-refractivity contribution in [3.63, 3.8) is 0 Å². The zero-order valence-corrected chi connectivity index (χ0v) is 13.2. The minimum Gasteiger partial charge on any atom is -0.386 e. The molecule has 0 aromatic heterocycles. The van der Waals surface area contributed by atoms with Gasteiger partial charge in [0.1, 0.15) is 11.7 Å². The van der Waals surface area contributed by atoms with Gasteiger partial charge in [-0.15, -0.1) is 5.10 Å². The fourth-order valence-corrected chi connectivity index (χ4v) is 6.05. The van der Waals surface area contributed by atoms with Crippen LogP contribution >= 0.6 is 0 Å². The van der Waals surface area contributed by atoms with Gasteiger partial charge in [0, 0.05) is 11.8 Å². The van der Waals surface area contributed by atoms with Gasteiger partial charge in [-0.05, 0) is 73.5 Å². The van der Waals surface area contributed by atoms with Gasteiger partial charge in [0.05, 0.1) is 0 Å². The first-order valence-corrected chi connectivity index (χ1v) is 8.56. The zero-order chi connectivity index (χ0) is 16.0. The molecule has 0 heterocycles. The molecule has 5 heteroatoms. The van der Waals surface area contributed by atoms with E-state index in [0.717, 1.165) is 11.8 Å². The maximum Gasteiger partial charge on any atom is 0.125 e. The molecule has 0 aliphatic heterocycles. The van der Waals surface area contributed by atoms with E-state index in [1.807, 2.05) is 12.1 Å². The van der Waals surface area contributed by atoms with Crippen LogP contribution in [0.3, 0.4) is 0 Å². The van der Waals surface area contributed by atoms with E-state index in [4.69, 9.17) is 11.3 Å². The normalized spacial score (nSPS) is 38.7. The van der Waals surface area contributed by atoms with Crippen molar-refractivity contribution in [3.8, 4) is 0 Å². The van der Waals surface area contributed by atoms with E-state index in [2.05, 4.69) is 10.3 Å². The van der Waals surface area contributed by atoms with Crippen LogP contribution in [0.15, 0.2) is 34.6 Å². The predicted molar refractivity (Wildman–Crippen MR) is 86.5 cm³/mol. The average Bonchev–Trinajstić information content (AvgIpc) is 2.51. The number of nitrogens with two attached hydrogens (primary N) is 1. The van der Waals surface area contributed by atoms with Gasteiger partial charge in [-0.25, -0.2) is 4.39 Å². The SMILES string of the molecule is N=N/N=C(\N)CC1(c2ccc(F)cc2)C2CC3CC(C2)CC1C3. The summed E-state index contributed by atoms with van der Waals surface area (Å²) in [6.07, 6.45) is 7.00. The predicted octanol–water partition coefficient (Wildman–Crippen LogP) is 4.21. The van der Waals surface area contributed by atoms with Gasteiger partial charge >= 0.3 is 0 Å². The van der Waals surface area contributed by atoms with Crippen LogP contribution in [0, 0.1) is 35.0 Å². The first-order chi connectivity index (χ1) is 11.1. The smallest absolute Gasteiger partial charge is 0.125 e. The molecule has 0 saturated heterocycles. The molecule has 4 saturated carbocycles. The van der Waals surface area contributed by atoms with Gasteiger partial charge in [0.2, 0.25) is 0 Å². The van der Waals surface area contributed by atoms with E-state index in [1.54, 1.807) is 12.1 Å². The Kier molecular flexibility index (Phi) is 3.47. The van der Waals surface area contributed by atoms with Crippen molar-refractivity contribution >= 4 is 5.84 Å². The van der Waals surface area contributed by atoms with Crippen LogP contribution in [0.25, 0.3) is 0 Å². The Morgan fingerprint density at radius 3 is 2.17 bits per heavy atom. The molecule has 4 aliphatic rings. The molecule has 0 amide bonds. The average molecular weight is 314 g/mol. The fourth-order valence-electron chi connectivity index (χ4n) is 6.05. The van der Waals surface area contributed by atoms with Crippen molar-refractivity contribution in [1.29, 1.82) is 5.53 Å². The molecule has 23 heavy (non-hydrogen) atoms. The third-order valence-corrected chi connectivity index (χ3v) is 6.63. The van der Waals surface area contributed by atoms with Crippen molar-refractivity contribution in [2.45, 2.75) is 43.9 Å². The highest BCUT2D eigenvalue weighted by Crippen LogP contribution is 2.64. The number of amidine groups is 1. The van der Waals surface area contributed by atoms with Gasteiger partial charge in [-0.1, -0.05) is 17.4 Å². The first-order valence-electron chi connectivity index (χ1n) is 8.56. The highest BCUT2D eigenvalue weighted by Gasteiger charge is 2.57. The van der Waals surface area contributed by atoms with Crippen molar-refractivity contribution in [2.75, 3.05) is 0 Å². The highest BCUT2D eigenvalue weighted by atomic mass is 19.1. The molecule has 0 spiro atoms. The van der Waals surface area contributed by atoms with Crippen molar-refractivity contribution in [3.05, 3.63) is 35.6 Å². The standard InChI is InChI=1S/C18H23FN4/c19-16-3-1-13(2-4-16)18(10-17(20)22-23-21)14-6-11-5-12(8-14)9-15(18)7-11/h1-4,11-12,14-15H,5-10H2,(H3,20,21,22). The lowest BCUT2D eigenvalue weighted by molar-refractivity contribution is -0.0580. The van der Waals surface area contributed by atoms with Crippen molar-refractivity contribution in [1.82, 2.24) is 0 Å². The molecule has 3 N–H and O–H groups in total. The van der Waals surface area contributed by atoms with E-state index >= 15 is 0 Å². The molecule has 122 valence electrons. The molecule has 0 atom stereocenters. The van der Waals surface area contributed by atoms with Crippen LogP contribution in [0.1, 0.15) is 44.1 Å². The summed E-state index contributed by atoms with van der Waals surface area (Å²) in [5, 5.41) is 6.89. The first kappa shape index (κ1) is 14.8. The summed E-state index contributed by atoms with van der Waals surface area (Å²) in [7, 11) is 0. The number of nitrogens with one attached hydrogen (secondary N) is 1. The summed E-state index contributed by atoms with van der Waals surface area (Å²) in [5.41, 5.74) is 14.2. The lowest BCUT2D eigenvalue weighted by atomic mass is 9.43. The Hall–Kier alpha value is -1.78. The fraction of sp³-hybridized carbons (Fsp3) is 0.611. The lowest BCUT2D eigenvalue weighted by Gasteiger charge is -2.61. The van der Waals surface area contributed by atoms with E-state index < -0.39 is 0 Å². The third-order valence-electron chi connectivity index (χ3n) is 6.63. The number of hydrogen-bond acceptors (Lipinski definition) is 2. The van der Waals surface area contributed by atoms with E-state index in [1.165, 1.54) is 37.7 Å². The van der Waals surface area contributed by atoms with E-state index in [0.29, 0.717) is 24.1 Å². The van der Waals surface area contributed by atoms with E-state index in [-0.39, 0.29) is 11.2 Å². The number of rotatable bonds is 4. The summed E-state index contributed by atoms with van der Waals surface area (Å²) in [5.74, 6) is 3.11. The van der Waals surface area contributed by atoms with Gasteiger partial charge < -0.3 is 5.73 Å². The summed E-state index contributed by atoms with van der Waals surface area (Å²) >= 11 is 0. The minimum atomic E-state index is -0.199. The number of benzene rings is 1. The Bertz CT molecular complexity index is 609. The molecule has 4 bridgehead atoms. The molecule has 5 rings (SSSR count). The molecule has 4 nitrogen and oxygen atoms in total. The van der Waals surface area contributed by atoms with Crippen molar-refractivity contribution < 1.29 is 4.39 Å². The monoisotopic (exact) mass is 314 g/mol. The van der Waals surface area contributed by atoms with Crippen LogP contribution in [0.2, 0.25) is 0 Å². The second kappa shape index (κ2) is 5.39. The molecular formula is C18H23FN4. The maximum atomic E-state index is 13.4. The summed E-state index contributed by atoms with van der Waals surface area (Å²) in [6, 6.07) is 6.99. The largest absolute Gasteiger partial charge is 0.386 e. The number of hydrogen-bond donors (Lipinski definition) is 2. The van der Waals surface area contributed by atoms with Crippen LogP contribution in [-0.4, -0.2) is 5.84 Å². The van der Waals surface area contributed by atoms with Crippen molar-refractivity contribution in [2.24, 2.45) is 39.7 Å². The molecule has 1 aromatic rings. The van der Waals surface area contributed by atoms with Crippen LogP contribution in [0.4, 0.5) is 4.39 Å². The molecule has 0 radical (unpaired) electrons. The Morgan fingerprint density at radius 1 is 1.09 bits per heavy atom. The third kappa shape index (κ3) is 2.28. The second-order valence-electron chi connectivity index (χ2n) is 7.72. The summed E-state index contributed by atoms with van der Waals surface area (Å²) in [4.78, 5) is 0.